The number of ether oxygens (including phenoxy) is 2. The summed E-state index contributed by atoms with van der Waals surface area (Å²) in [6, 6.07) is 14.2. The molecule has 1 N–H and O–H groups in total. The van der Waals surface area contributed by atoms with Crippen LogP contribution in [0.5, 0.6) is 11.5 Å². The number of carbonyl (C=O) groups excluding carboxylic acids is 1. The molecule has 0 saturated carbocycles. The van der Waals surface area contributed by atoms with Crippen LogP contribution in [0.1, 0.15) is 12.5 Å². The number of rotatable bonds is 6. The number of amides is 1. The molecule has 0 unspecified atom stereocenters. The molecule has 144 valence electrons. The fourth-order valence-corrected chi connectivity index (χ4v) is 3.74. The maximum absolute atomic E-state index is 12.5. The number of anilines is 1. The Morgan fingerprint density at radius 1 is 1.22 bits per heavy atom. The van der Waals surface area contributed by atoms with Crippen molar-refractivity contribution in [3.63, 3.8) is 0 Å². The van der Waals surface area contributed by atoms with Crippen LogP contribution in [0.4, 0.5) is 5.69 Å². The second-order valence-electron chi connectivity index (χ2n) is 6.16. The van der Waals surface area contributed by atoms with Gasteiger partial charge in [0.05, 0.1) is 25.1 Å². The molecule has 1 amide bonds. The van der Waals surface area contributed by atoms with E-state index in [9.17, 15) is 13.2 Å². The third-order valence-electron chi connectivity index (χ3n) is 4.13. The summed E-state index contributed by atoms with van der Waals surface area (Å²) in [5.41, 5.74) is 1.35. The lowest BCUT2D eigenvalue weighted by atomic mass is 10.2. The van der Waals surface area contributed by atoms with Crippen LogP contribution in [0.25, 0.3) is 0 Å². The van der Waals surface area contributed by atoms with Gasteiger partial charge in [0.15, 0.2) is 6.10 Å². The monoisotopic (exact) mass is 390 g/mol. The Labute approximate surface area is 158 Å². The summed E-state index contributed by atoms with van der Waals surface area (Å²) in [5.74, 6) is 0.769. The minimum Gasteiger partial charge on any atom is -0.494 e. The lowest BCUT2D eigenvalue weighted by Crippen LogP contribution is -2.50. The zero-order chi connectivity index (χ0) is 19.4. The quantitative estimate of drug-likeness (QED) is 0.815. The molecule has 0 saturated heterocycles. The maximum atomic E-state index is 12.5. The van der Waals surface area contributed by atoms with E-state index in [0.717, 1.165) is 17.6 Å². The molecule has 0 aliphatic carbocycles. The van der Waals surface area contributed by atoms with Crippen LogP contribution in [0.2, 0.25) is 0 Å². The number of nitrogens with one attached hydrogen (secondary N) is 1. The first-order chi connectivity index (χ1) is 12.9. The number of para-hydroxylation sites is 2. The number of nitrogens with zero attached hydrogens (tertiary/aromatic N) is 1. The minimum atomic E-state index is -3.52. The molecule has 0 spiro atoms. The highest BCUT2D eigenvalue weighted by molar-refractivity contribution is 7.92. The molecule has 7 nitrogen and oxygen atoms in total. The first-order valence-corrected chi connectivity index (χ1v) is 10.5. The zero-order valence-electron chi connectivity index (χ0n) is 15.2. The summed E-state index contributed by atoms with van der Waals surface area (Å²) >= 11 is 0. The summed E-state index contributed by atoms with van der Waals surface area (Å²) < 4.78 is 36.5. The van der Waals surface area contributed by atoms with Gasteiger partial charge in [0.2, 0.25) is 10.0 Å². The van der Waals surface area contributed by atoms with Gasteiger partial charge < -0.3 is 14.8 Å². The Hall–Kier alpha value is -2.74. The van der Waals surface area contributed by atoms with Gasteiger partial charge in [0.25, 0.3) is 5.91 Å². The van der Waals surface area contributed by atoms with E-state index in [1.54, 1.807) is 24.3 Å². The highest BCUT2D eigenvalue weighted by Gasteiger charge is 2.34. The van der Waals surface area contributed by atoms with Crippen LogP contribution in [-0.4, -0.2) is 39.8 Å². The summed E-state index contributed by atoms with van der Waals surface area (Å²) in [4.78, 5) is 12.5. The van der Waals surface area contributed by atoms with E-state index in [1.165, 1.54) is 4.31 Å². The average molecular weight is 390 g/mol. The van der Waals surface area contributed by atoms with Gasteiger partial charge in [0, 0.05) is 6.54 Å². The van der Waals surface area contributed by atoms with E-state index >= 15 is 0 Å². The number of carbonyl (C=O) groups is 1. The molecular formula is C19H22N2O5S. The normalized spacial score (nSPS) is 16.2. The van der Waals surface area contributed by atoms with Gasteiger partial charge in [-0.25, -0.2) is 8.42 Å². The van der Waals surface area contributed by atoms with Crippen molar-refractivity contribution in [2.24, 2.45) is 0 Å². The Bertz CT molecular complexity index is 912. The van der Waals surface area contributed by atoms with E-state index < -0.39 is 16.1 Å². The van der Waals surface area contributed by atoms with E-state index in [4.69, 9.17) is 9.47 Å². The summed E-state index contributed by atoms with van der Waals surface area (Å²) in [6.07, 6.45) is 0.196. The highest BCUT2D eigenvalue weighted by atomic mass is 32.2. The highest BCUT2D eigenvalue weighted by Crippen LogP contribution is 2.34. The molecule has 2 aromatic rings. The van der Waals surface area contributed by atoms with Crippen LogP contribution in [0.3, 0.4) is 0 Å². The van der Waals surface area contributed by atoms with Gasteiger partial charge in [-0.05, 0) is 36.8 Å². The molecule has 1 aliphatic rings. The number of hydrogen-bond acceptors (Lipinski definition) is 5. The summed E-state index contributed by atoms with van der Waals surface area (Å²) in [6.45, 7) is 2.75. The standard InChI is InChI=1S/C19H22N2O5S/c1-3-25-15-10-8-14(9-11-15)12-20-19(22)18-13-21(27(2,23)24)16-6-4-5-7-17(16)26-18/h4-11,18H,3,12-13H2,1-2H3,(H,20,22)/t18-/m1/s1. The molecule has 0 bridgehead atoms. The second kappa shape index (κ2) is 7.87. The fourth-order valence-electron chi connectivity index (χ4n) is 2.83. The topological polar surface area (TPSA) is 84.9 Å². The lowest BCUT2D eigenvalue weighted by molar-refractivity contribution is -0.127. The van der Waals surface area contributed by atoms with Gasteiger partial charge in [0.1, 0.15) is 11.5 Å². The van der Waals surface area contributed by atoms with Gasteiger partial charge in [-0.1, -0.05) is 24.3 Å². The molecule has 1 heterocycles. The molecule has 2 aromatic carbocycles. The fraction of sp³-hybridized carbons (Fsp3) is 0.316. The van der Waals surface area contributed by atoms with Gasteiger partial charge in [-0.15, -0.1) is 0 Å². The molecule has 3 rings (SSSR count). The average Bonchev–Trinajstić information content (AvgIpc) is 2.65. The summed E-state index contributed by atoms with van der Waals surface area (Å²) in [5, 5.41) is 2.80. The molecule has 0 fully saturated rings. The second-order valence-corrected chi connectivity index (χ2v) is 8.07. The Morgan fingerprint density at radius 3 is 2.59 bits per heavy atom. The third-order valence-corrected chi connectivity index (χ3v) is 5.28. The van der Waals surface area contributed by atoms with Gasteiger partial charge in [-0.3, -0.25) is 9.10 Å². The molecular weight excluding hydrogens is 368 g/mol. The first kappa shape index (κ1) is 19.0. The van der Waals surface area contributed by atoms with Crippen molar-refractivity contribution in [1.29, 1.82) is 0 Å². The van der Waals surface area contributed by atoms with Crippen molar-refractivity contribution in [1.82, 2.24) is 5.32 Å². The molecule has 27 heavy (non-hydrogen) atoms. The van der Waals surface area contributed by atoms with Crippen molar-refractivity contribution < 1.29 is 22.7 Å². The molecule has 1 atom stereocenters. The third kappa shape index (κ3) is 4.51. The van der Waals surface area contributed by atoms with Crippen molar-refractivity contribution in [2.45, 2.75) is 19.6 Å². The Kier molecular flexibility index (Phi) is 5.55. The number of fused-ring (bicyclic) bond motifs is 1. The summed E-state index contributed by atoms with van der Waals surface area (Å²) in [7, 11) is -3.52. The predicted molar refractivity (Wildman–Crippen MR) is 103 cm³/mol. The van der Waals surface area contributed by atoms with E-state index in [1.807, 2.05) is 31.2 Å². The van der Waals surface area contributed by atoms with Crippen LogP contribution < -0.4 is 19.1 Å². The maximum Gasteiger partial charge on any atom is 0.263 e. The molecule has 1 aliphatic heterocycles. The lowest BCUT2D eigenvalue weighted by Gasteiger charge is -2.33. The van der Waals surface area contributed by atoms with Crippen molar-refractivity contribution >= 4 is 21.6 Å². The minimum absolute atomic E-state index is 0.0645. The van der Waals surface area contributed by atoms with Crippen LogP contribution in [0.15, 0.2) is 48.5 Å². The van der Waals surface area contributed by atoms with E-state index in [0.29, 0.717) is 24.6 Å². The van der Waals surface area contributed by atoms with Crippen LogP contribution >= 0.6 is 0 Å². The van der Waals surface area contributed by atoms with Crippen molar-refractivity contribution in [3.05, 3.63) is 54.1 Å². The SMILES string of the molecule is CCOc1ccc(CNC(=O)[C@H]2CN(S(C)(=O)=O)c3ccccc3O2)cc1. The van der Waals surface area contributed by atoms with Crippen LogP contribution in [0, 0.1) is 0 Å². The molecule has 0 radical (unpaired) electrons. The van der Waals surface area contributed by atoms with Crippen molar-refractivity contribution in [2.75, 3.05) is 23.7 Å². The van der Waals surface area contributed by atoms with Crippen LogP contribution in [-0.2, 0) is 21.4 Å². The van der Waals surface area contributed by atoms with E-state index in [-0.39, 0.29) is 12.5 Å². The smallest absolute Gasteiger partial charge is 0.263 e. The van der Waals surface area contributed by atoms with Crippen molar-refractivity contribution in [3.8, 4) is 11.5 Å². The van der Waals surface area contributed by atoms with Gasteiger partial charge in [-0.2, -0.15) is 0 Å². The number of sulfonamides is 1. The van der Waals surface area contributed by atoms with Gasteiger partial charge >= 0.3 is 0 Å². The predicted octanol–water partition coefficient (Wildman–Crippen LogP) is 1.93. The largest absolute Gasteiger partial charge is 0.494 e. The molecule has 0 aromatic heterocycles. The number of hydrogen-bond donors (Lipinski definition) is 1. The first-order valence-electron chi connectivity index (χ1n) is 8.61. The molecule has 8 heteroatoms. The Morgan fingerprint density at radius 2 is 1.93 bits per heavy atom. The van der Waals surface area contributed by atoms with E-state index in [2.05, 4.69) is 5.32 Å². The Balaban J connectivity index is 1.68. The number of benzene rings is 2. The zero-order valence-corrected chi connectivity index (χ0v) is 16.0.